The van der Waals surface area contributed by atoms with Gasteiger partial charge in [0.15, 0.2) is 0 Å². The first kappa shape index (κ1) is 26.2. The van der Waals surface area contributed by atoms with E-state index in [1.54, 1.807) is 49.8 Å². The second-order valence-electron chi connectivity index (χ2n) is 8.94. The number of hydrogen-bond acceptors (Lipinski definition) is 5. The molecule has 2 heterocycles. The minimum Gasteiger partial charge on any atom is -0.490 e. The van der Waals surface area contributed by atoms with Crippen LogP contribution in [0.1, 0.15) is 40.1 Å². The van der Waals surface area contributed by atoms with Crippen molar-refractivity contribution in [2.24, 2.45) is 0 Å². The van der Waals surface area contributed by atoms with E-state index < -0.39 is 6.04 Å². The van der Waals surface area contributed by atoms with Gasteiger partial charge >= 0.3 is 0 Å². The highest BCUT2D eigenvalue weighted by atomic mass is 35.5. The number of nitrogens with one attached hydrogen (secondary N) is 3. The van der Waals surface area contributed by atoms with Gasteiger partial charge in [0, 0.05) is 36.5 Å². The third kappa shape index (κ3) is 5.93. The van der Waals surface area contributed by atoms with Crippen molar-refractivity contribution in [2.45, 2.75) is 32.4 Å². The van der Waals surface area contributed by atoms with E-state index in [2.05, 4.69) is 20.6 Å². The number of fused-ring (bicyclic) bond motifs is 1. The van der Waals surface area contributed by atoms with Gasteiger partial charge in [0.05, 0.1) is 34.9 Å². The smallest absolute Gasteiger partial charge is 0.255 e. The van der Waals surface area contributed by atoms with Gasteiger partial charge in [0.25, 0.3) is 11.8 Å². The average Bonchev–Trinajstić information content (AvgIpc) is 3.30. The molecule has 1 atom stereocenters. The van der Waals surface area contributed by atoms with Crippen molar-refractivity contribution in [2.75, 3.05) is 13.7 Å². The predicted octanol–water partition coefficient (Wildman–Crippen LogP) is 4.36. The van der Waals surface area contributed by atoms with Gasteiger partial charge in [-0.05, 0) is 67.3 Å². The van der Waals surface area contributed by atoms with Crippen LogP contribution in [0.2, 0.25) is 5.02 Å². The number of aromatic amines is 1. The van der Waals surface area contributed by atoms with E-state index >= 15 is 0 Å². The maximum Gasteiger partial charge on any atom is 0.255 e. The average molecular weight is 521 g/mol. The third-order valence-corrected chi connectivity index (χ3v) is 6.26. The quantitative estimate of drug-likeness (QED) is 0.261. The topological polar surface area (TPSA) is 116 Å². The van der Waals surface area contributed by atoms with Crippen molar-refractivity contribution in [3.05, 3.63) is 82.8 Å². The Hall–Kier alpha value is -3.88. The zero-order valence-electron chi connectivity index (χ0n) is 20.8. The van der Waals surface area contributed by atoms with Crippen LogP contribution in [0.15, 0.2) is 61.1 Å². The van der Waals surface area contributed by atoms with Crippen LogP contribution in [0.4, 0.5) is 0 Å². The third-order valence-electron chi connectivity index (χ3n) is 5.95. The minimum atomic E-state index is -0.524. The van der Waals surface area contributed by atoms with E-state index in [1.807, 2.05) is 32.2 Å². The molecule has 4 aromatic rings. The molecule has 0 radical (unpaired) electrons. The maximum absolute atomic E-state index is 13.4. The first-order valence-corrected chi connectivity index (χ1v) is 12.3. The van der Waals surface area contributed by atoms with Crippen LogP contribution in [0.25, 0.3) is 22.0 Å². The Morgan fingerprint density at radius 2 is 1.84 bits per heavy atom. The van der Waals surface area contributed by atoms with Crippen LogP contribution in [0.3, 0.4) is 0 Å². The lowest BCUT2D eigenvalue weighted by Crippen LogP contribution is -2.39. The molecule has 4 rings (SSSR count). The molecule has 2 amide bonds. The molecule has 9 heteroatoms. The Labute approximate surface area is 220 Å². The molecule has 0 bridgehead atoms. The van der Waals surface area contributed by atoms with Crippen molar-refractivity contribution in [1.82, 2.24) is 20.6 Å². The monoisotopic (exact) mass is 520 g/mol. The number of carbonyl (C=O) groups excluding carboxylic acids is 2. The fraction of sp³-hybridized carbons (Fsp3) is 0.250. The lowest BCUT2D eigenvalue weighted by Gasteiger charge is -2.19. The Balaban J connectivity index is 1.62. The minimum absolute atomic E-state index is 0.147. The summed E-state index contributed by atoms with van der Waals surface area (Å²) in [5.41, 5.74) is 4.05. The molecule has 2 aromatic carbocycles. The molecule has 0 saturated carbocycles. The largest absolute Gasteiger partial charge is 0.490 e. The van der Waals surface area contributed by atoms with Crippen molar-refractivity contribution >= 4 is 34.3 Å². The molecule has 4 N–H and O–H groups in total. The lowest BCUT2D eigenvalue weighted by molar-refractivity contribution is 0.0909. The Kier molecular flexibility index (Phi) is 8.11. The summed E-state index contributed by atoms with van der Waals surface area (Å²) in [6.45, 7) is 3.53. The van der Waals surface area contributed by atoms with Gasteiger partial charge in [0.1, 0.15) is 5.75 Å². The molecule has 0 spiro atoms. The highest BCUT2D eigenvalue weighted by molar-refractivity contribution is 6.34. The van der Waals surface area contributed by atoms with Crippen molar-refractivity contribution in [3.63, 3.8) is 0 Å². The van der Waals surface area contributed by atoms with E-state index in [1.165, 1.54) is 0 Å². The van der Waals surface area contributed by atoms with Crippen LogP contribution >= 0.6 is 11.6 Å². The van der Waals surface area contributed by atoms with Crippen LogP contribution in [0, 0.1) is 0 Å². The molecule has 0 aliphatic heterocycles. The molecule has 0 fully saturated rings. The number of rotatable bonds is 9. The van der Waals surface area contributed by atoms with E-state index in [0.29, 0.717) is 28.3 Å². The van der Waals surface area contributed by atoms with Crippen molar-refractivity contribution in [3.8, 4) is 16.9 Å². The highest BCUT2D eigenvalue weighted by Crippen LogP contribution is 2.30. The maximum atomic E-state index is 13.4. The molecular formula is C28H29ClN4O4. The van der Waals surface area contributed by atoms with Gasteiger partial charge in [-0.25, -0.2) is 0 Å². The fourth-order valence-electron chi connectivity index (χ4n) is 4.13. The molecule has 192 valence electrons. The van der Waals surface area contributed by atoms with Gasteiger partial charge < -0.3 is 25.5 Å². The highest BCUT2D eigenvalue weighted by Gasteiger charge is 2.20. The fourth-order valence-corrected chi connectivity index (χ4v) is 4.40. The van der Waals surface area contributed by atoms with Crippen LogP contribution in [-0.4, -0.2) is 52.7 Å². The standard InChI is InChI=1S/C28H29ClN4O4/c1-16(2)37-26-7-5-17(18-4-6-21(24(29)12-18)27(35)30-3)11-22(26)28(36)33-20(15-34)10-19-13-32-25-8-9-31-14-23(19)25/h4-9,11-14,16,20,32,34H,10,15H2,1-3H3,(H,30,35)(H,33,36). The number of aromatic nitrogens is 2. The normalized spacial score (nSPS) is 11.9. The van der Waals surface area contributed by atoms with E-state index in [0.717, 1.165) is 27.6 Å². The summed E-state index contributed by atoms with van der Waals surface area (Å²) < 4.78 is 5.91. The van der Waals surface area contributed by atoms with Crippen molar-refractivity contribution < 1.29 is 19.4 Å². The number of pyridine rings is 1. The van der Waals surface area contributed by atoms with Gasteiger partial charge in [-0.15, -0.1) is 0 Å². The molecule has 1 unspecified atom stereocenters. The number of H-pyrrole nitrogens is 1. The Morgan fingerprint density at radius 1 is 1.08 bits per heavy atom. The number of benzene rings is 2. The molecular weight excluding hydrogens is 492 g/mol. The zero-order chi connectivity index (χ0) is 26.5. The number of aliphatic hydroxyl groups is 1. The second kappa shape index (κ2) is 11.5. The summed E-state index contributed by atoms with van der Waals surface area (Å²) in [4.78, 5) is 32.8. The molecule has 0 saturated heterocycles. The first-order valence-electron chi connectivity index (χ1n) is 11.9. The number of hydrogen-bond donors (Lipinski definition) is 4. The number of aliphatic hydroxyl groups excluding tert-OH is 1. The van der Waals surface area contributed by atoms with E-state index in [9.17, 15) is 14.7 Å². The summed E-state index contributed by atoms with van der Waals surface area (Å²) in [6, 6.07) is 11.8. The first-order chi connectivity index (χ1) is 17.8. The van der Waals surface area contributed by atoms with E-state index in [4.69, 9.17) is 16.3 Å². The second-order valence-corrected chi connectivity index (χ2v) is 9.35. The van der Waals surface area contributed by atoms with Gasteiger partial charge in [-0.3, -0.25) is 14.6 Å². The Bertz CT molecular complexity index is 1430. The molecule has 2 aromatic heterocycles. The van der Waals surface area contributed by atoms with E-state index in [-0.39, 0.29) is 24.5 Å². The summed E-state index contributed by atoms with van der Waals surface area (Å²) in [5, 5.41) is 16.8. The molecule has 37 heavy (non-hydrogen) atoms. The van der Waals surface area contributed by atoms with Crippen LogP contribution < -0.4 is 15.4 Å². The van der Waals surface area contributed by atoms with Crippen LogP contribution in [0.5, 0.6) is 5.75 Å². The number of halogens is 1. The number of nitrogens with zero attached hydrogens (tertiary/aromatic N) is 1. The lowest BCUT2D eigenvalue weighted by atomic mass is 10.00. The zero-order valence-corrected chi connectivity index (χ0v) is 21.6. The van der Waals surface area contributed by atoms with Crippen molar-refractivity contribution in [1.29, 1.82) is 0 Å². The molecule has 0 aliphatic rings. The summed E-state index contributed by atoms with van der Waals surface area (Å²) in [6.07, 6.45) is 5.60. The van der Waals surface area contributed by atoms with Gasteiger partial charge in [0.2, 0.25) is 0 Å². The van der Waals surface area contributed by atoms with Gasteiger partial charge in [-0.2, -0.15) is 0 Å². The Morgan fingerprint density at radius 3 is 2.54 bits per heavy atom. The summed E-state index contributed by atoms with van der Waals surface area (Å²) >= 11 is 6.35. The predicted molar refractivity (Wildman–Crippen MR) is 144 cm³/mol. The number of amides is 2. The molecule has 0 aliphatic carbocycles. The van der Waals surface area contributed by atoms with Gasteiger partial charge in [-0.1, -0.05) is 23.7 Å². The SMILES string of the molecule is CNC(=O)c1ccc(-c2ccc(OC(C)C)c(C(=O)NC(CO)Cc3c[nH]c4ccncc34)c2)cc1Cl. The number of carbonyl (C=O) groups is 2. The summed E-state index contributed by atoms with van der Waals surface area (Å²) in [7, 11) is 1.54. The molecule has 8 nitrogen and oxygen atoms in total. The summed E-state index contributed by atoms with van der Waals surface area (Å²) in [5.74, 6) is -0.224. The van der Waals surface area contributed by atoms with Crippen LogP contribution in [-0.2, 0) is 6.42 Å². The number of ether oxygens (including phenoxy) is 1.